The molecule has 1 heterocycles. The van der Waals surface area contributed by atoms with Crippen LogP contribution in [0.15, 0.2) is 0 Å². The summed E-state index contributed by atoms with van der Waals surface area (Å²) in [4.78, 5) is 120. The van der Waals surface area contributed by atoms with Gasteiger partial charge in [-0.05, 0) is 51.4 Å². The van der Waals surface area contributed by atoms with Crippen LogP contribution < -0.4 is 31.7 Å². The van der Waals surface area contributed by atoms with E-state index in [0.29, 0.717) is 38.6 Å². The monoisotopic (exact) mass is 948 g/mol. The molecular formula is C41H69N6O17P. The normalized spacial score (nSPS) is 16.4. The lowest BCUT2D eigenvalue weighted by atomic mass is 10.0. The van der Waals surface area contributed by atoms with Crippen LogP contribution in [0.4, 0.5) is 0 Å². The average molecular weight is 949 g/mol. The van der Waals surface area contributed by atoms with E-state index < -0.39 is 122 Å². The number of carboxylic acid groups (broad SMARTS) is 5. The van der Waals surface area contributed by atoms with E-state index in [1.165, 1.54) is 0 Å². The summed E-state index contributed by atoms with van der Waals surface area (Å²) in [5.74, 6) is -10.3. The minimum atomic E-state index is -1.63. The molecule has 1 rings (SSSR count). The Kier molecular flexibility index (Phi) is 29.9. The first-order valence-electron chi connectivity index (χ1n) is 22.2. The maximum Gasteiger partial charge on any atom is 0.326 e. The van der Waals surface area contributed by atoms with E-state index in [1.807, 2.05) is 0 Å². The second-order valence-electron chi connectivity index (χ2n) is 16.0. The van der Waals surface area contributed by atoms with Crippen LogP contribution in [0.3, 0.4) is 0 Å². The largest absolute Gasteiger partial charge is 0.481 e. The van der Waals surface area contributed by atoms with Crippen molar-refractivity contribution in [1.29, 1.82) is 0 Å². The maximum absolute atomic E-state index is 12.6. The predicted octanol–water partition coefficient (Wildman–Crippen LogP) is 0.903. The number of amides is 5. The number of rotatable bonds is 40. The Morgan fingerprint density at radius 1 is 0.431 bits per heavy atom. The van der Waals surface area contributed by atoms with E-state index in [0.717, 1.165) is 51.4 Å². The molecule has 23 nitrogen and oxygen atoms in total. The van der Waals surface area contributed by atoms with Gasteiger partial charge in [0.2, 0.25) is 29.5 Å². The van der Waals surface area contributed by atoms with Crippen molar-refractivity contribution in [2.75, 3.05) is 6.54 Å². The van der Waals surface area contributed by atoms with Crippen LogP contribution in [0, 0.1) is 0 Å². The summed E-state index contributed by atoms with van der Waals surface area (Å²) in [6.45, 7) is 0.317. The van der Waals surface area contributed by atoms with Crippen molar-refractivity contribution in [3.05, 3.63) is 0 Å². The molecule has 370 valence electrons. The van der Waals surface area contributed by atoms with Gasteiger partial charge in [-0.25, -0.2) is 19.2 Å². The quantitative estimate of drug-likeness (QED) is 0.0231. The Morgan fingerprint density at radius 2 is 0.754 bits per heavy atom. The van der Waals surface area contributed by atoms with Crippen molar-refractivity contribution >= 4 is 68.8 Å². The summed E-state index contributed by atoms with van der Waals surface area (Å²) in [5, 5.41) is 70.9. The summed E-state index contributed by atoms with van der Waals surface area (Å²) >= 11 is 0. The third-order valence-electron chi connectivity index (χ3n) is 10.6. The summed E-state index contributed by atoms with van der Waals surface area (Å²) < 4.78 is 5.03. The number of aliphatic hydroxyl groups excluding tert-OH is 1. The van der Waals surface area contributed by atoms with Crippen LogP contribution in [-0.4, -0.2) is 139 Å². The second-order valence-corrected chi connectivity index (χ2v) is 16.4. The van der Waals surface area contributed by atoms with Gasteiger partial charge in [-0.15, -0.1) is 0 Å². The lowest BCUT2D eigenvalue weighted by molar-refractivity contribution is -0.144. The lowest BCUT2D eigenvalue weighted by Gasteiger charge is -2.18. The number of carboxylic acids is 5. The molecule has 3 unspecified atom stereocenters. The Balaban J connectivity index is 2.40. The SMILES string of the molecule is O=C(O)CCCCCCCCCCCCC(=O)N[C@@H](CCC(=O)N[C@@H](CCC(=O)N[C@@H](CCC(=O)N[C@@H](CCC(=O)NCCCC[C@H](NP)C1OC1O)C(=O)O)C(=O)O)C(=O)O)C(=O)O. The number of aliphatic carboxylic acids is 5. The number of hydrogen-bond donors (Lipinski definition) is 12. The van der Waals surface area contributed by atoms with Gasteiger partial charge < -0.3 is 62.0 Å². The first-order valence-corrected chi connectivity index (χ1v) is 22.8. The van der Waals surface area contributed by atoms with Crippen LogP contribution >= 0.6 is 9.39 Å². The van der Waals surface area contributed by atoms with Gasteiger partial charge in [-0.1, -0.05) is 67.2 Å². The summed E-state index contributed by atoms with van der Waals surface area (Å²) in [7, 11) is 2.37. The van der Waals surface area contributed by atoms with Crippen LogP contribution in [0.5, 0.6) is 0 Å². The number of aliphatic hydroxyl groups is 1. The molecule has 24 heteroatoms. The van der Waals surface area contributed by atoms with Crippen molar-refractivity contribution < 1.29 is 83.3 Å². The van der Waals surface area contributed by atoms with Gasteiger partial charge in [0.25, 0.3) is 0 Å². The smallest absolute Gasteiger partial charge is 0.326 e. The maximum atomic E-state index is 12.6. The molecule has 0 spiro atoms. The van der Waals surface area contributed by atoms with Gasteiger partial charge in [-0.2, -0.15) is 0 Å². The molecule has 0 aromatic carbocycles. The van der Waals surface area contributed by atoms with E-state index in [4.69, 9.17) is 9.84 Å². The van der Waals surface area contributed by atoms with E-state index in [9.17, 15) is 73.5 Å². The molecule has 12 N–H and O–H groups in total. The van der Waals surface area contributed by atoms with Crippen LogP contribution in [0.2, 0.25) is 0 Å². The standard InChI is InChI=1S/C41H69N6O17P/c48-30(42-24-12-11-13-25(47-65)36-41(63)64-36)20-16-26(37(55)56)44-32(50)22-18-28(39(59)60)46-34(52)23-19-29(40(61)62)45-33(51)21-17-27(38(57)58)43-31(49)14-9-7-5-3-1-2-4-6-8-10-15-35(53)54/h25-29,36,41,47,63H,1-24,65H2,(H,42,48)(H,43,49)(H,44,50)(H,45,51)(H,46,52)(H,53,54)(H,55,56)(H,57,58)(H,59,60)(H,61,62)/t25-,26-,27-,28-,29-,36?,41?/m0/s1. The fraction of sp³-hybridized carbons (Fsp3) is 0.756. The average Bonchev–Trinajstić information content (AvgIpc) is 3.97. The highest BCUT2D eigenvalue weighted by Gasteiger charge is 2.42. The Labute approximate surface area is 380 Å². The number of epoxide rings is 1. The molecule has 1 saturated heterocycles. The zero-order valence-corrected chi connectivity index (χ0v) is 37.9. The van der Waals surface area contributed by atoms with Gasteiger partial charge in [0, 0.05) is 51.1 Å². The summed E-state index contributed by atoms with van der Waals surface area (Å²) in [5.41, 5.74) is 0. The highest BCUT2D eigenvalue weighted by atomic mass is 31.0. The first-order chi connectivity index (χ1) is 30.8. The van der Waals surface area contributed by atoms with E-state index in [2.05, 4.69) is 41.1 Å². The molecule has 1 aliphatic rings. The number of carbonyl (C=O) groups excluding carboxylic acids is 5. The highest BCUT2D eigenvalue weighted by molar-refractivity contribution is 7.13. The minimum absolute atomic E-state index is 0.0636. The van der Waals surface area contributed by atoms with E-state index >= 15 is 0 Å². The van der Waals surface area contributed by atoms with Gasteiger partial charge in [0.05, 0.1) is 0 Å². The molecule has 0 bridgehead atoms. The van der Waals surface area contributed by atoms with Gasteiger partial charge in [-0.3, -0.25) is 33.9 Å². The minimum Gasteiger partial charge on any atom is -0.481 e. The molecule has 0 aliphatic carbocycles. The van der Waals surface area contributed by atoms with Crippen molar-refractivity contribution in [3.63, 3.8) is 0 Å². The van der Waals surface area contributed by atoms with Crippen LogP contribution in [0.1, 0.15) is 148 Å². The Hall–Kier alpha value is -4.99. The second kappa shape index (κ2) is 33.5. The molecule has 1 fully saturated rings. The fourth-order valence-corrected chi connectivity index (χ4v) is 7.09. The molecule has 5 amide bonds. The molecule has 0 saturated carbocycles. The number of hydrogen-bond acceptors (Lipinski definition) is 13. The van der Waals surface area contributed by atoms with Crippen molar-refractivity contribution in [3.8, 4) is 0 Å². The third kappa shape index (κ3) is 28.5. The molecule has 0 aromatic heterocycles. The van der Waals surface area contributed by atoms with Crippen molar-refractivity contribution in [1.82, 2.24) is 31.7 Å². The van der Waals surface area contributed by atoms with Crippen LogP contribution in [-0.2, 0) is 52.7 Å². The Bertz CT molecular complexity index is 1570. The topological polar surface area (TPSA) is 377 Å². The van der Waals surface area contributed by atoms with Gasteiger partial charge in [0.15, 0.2) is 6.29 Å². The number of ether oxygens (including phenoxy) is 1. The van der Waals surface area contributed by atoms with Gasteiger partial charge in [0.1, 0.15) is 30.3 Å². The number of carbonyl (C=O) groups is 10. The predicted molar refractivity (Wildman–Crippen MR) is 233 cm³/mol. The summed E-state index contributed by atoms with van der Waals surface area (Å²) in [6, 6.07) is -6.19. The number of unbranched alkanes of at least 4 members (excludes halogenated alkanes) is 10. The Morgan fingerprint density at radius 3 is 1.08 bits per heavy atom. The lowest BCUT2D eigenvalue weighted by Crippen LogP contribution is -2.45. The van der Waals surface area contributed by atoms with Crippen molar-refractivity contribution in [2.45, 2.75) is 190 Å². The molecule has 0 radical (unpaired) electrons. The molecule has 65 heavy (non-hydrogen) atoms. The van der Waals surface area contributed by atoms with Crippen LogP contribution in [0.25, 0.3) is 0 Å². The van der Waals surface area contributed by atoms with Gasteiger partial charge >= 0.3 is 29.8 Å². The number of nitrogens with one attached hydrogen (secondary N) is 6. The molecular weight excluding hydrogens is 879 g/mol. The van der Waals surface area contributed by atoms with E-state index in [1.54, 1.807) is 0 Å². The third-order valence-corrected chi connectivity index (χ3v) is 11.0. The first kappa shape index (κ1) is 58.0. The molecule has 8 atom stereocenters. The summed E-state index contributed by atoms with van der Waals surface area (Å²) in [6.07, 6.45) is 6.63. The van der Waals surface area contributed by atoms with Crippen molar-refractivity contribution in [2.24, 2.45) is 0 Å². The highest BCUT2D eigenvalue weighted by Crippen LogP contribution is 2.26. The molecule has 0 aromatic rings. The zero-order valence-electron chi connectivity index (χ0n) is 36.8. The molecule has 1 aliphatic heterocycles. The van der Waals surface area contributed by atoms with E-state index in [-0.39, 0.29) is 44.2 Å². The zero-order chi connectivity index (χ0) is 48.7. The fourth-order valence-electron chi connectivity index (χ4n) is 6.73.